The molecule has 1 saturated heterocycles. The van der Waals surface area contributed by atoms with E-state index in [1.165, 1.54) is 7.11 Å². The second kappa shape index (κ2) is 9.94. The fraction of sp³-hybridized carbons (Fsp3) is 0.400. The van der Waals surface area contributed by atoms with E-state index in [-0.39, 0.29) is 17.8 Å². The van der Waals surface area contributed by atoms with E-state index >= 15 is 0 Å². The summed E-state index contributed by atoms with van der Waals surface area (Å²) >= 11 is 0. The van der Waals surface area contributed by atoms with Crippen LogP contribution < -0.4 is 16.0 Å². The molecule has 4 aromatic rings. The molecule has 188 valence electrons. The second-order valence-corrected chi connectivity index (χ2v) is 9.23. The molecule has 3 N–H and O–H groups in total. The minimum atomic E-state index is -0.473. The number of carbonyl (C=O) groups excluding carboxylic acids is 1. The SMILES string of the molecule is COC(=O)c1ccn(-c2ccccc2CNc2nc(N3CCC(N)CC3)nc3c2ncn3C(C)C)n1. The molecular weight excluding hydrogens is 458 g/mol. The fourth-order valence-corrected chi connectivity index (χ4v) is 4.38. The number of rotatable bonds is 7. The molecule has 0 amide bonds. The number of hydrogen-bond donors (Lipinski definition) is 2. The van der Waals surface area contributed by atoms with Gasteiger partial charge in [0.1, 0.15) is 0 Å². The van der Waals surface area contributed by atoms with Gasteiger partial charge in [-0.25, -0.2) is 14.5 Å². The topological polar surface area (TPSA) is 129 Å². The number of aromatic nitrogens is 6. The number of nitrogens with one attached hydrogen (secondary N) is 1. The zero-order chi connectivity index (χ0) is 25.2. The van der Waals surface area contributed by atoms with Gasteiger partial charge >= 0.3 is 5.97 Å². The Labute approximate surface area is 209 Å². The first kappa shape index (κ1) is 23.7. The van der Waals surface area contributed by atoms with E-state index in [1.807, 2.05) is 30.6 Å². The van der Waals surface area contributed by atoms with Crippen molar-refractivity contribution >= 4 is 28.9 Å². The highest BCUT2D eigenvalue weighted by Gasteiger charge is 2.22. The summed E-state index contributed by atoms with van der Waals surface area (Å²) in [5.41, 5.74) is 9.73. The summed E-state index contributed by atoms with van der Waals surface area (Å²) < 4.78 is 8.52. The van der Waals surface area contributed by atoms with Gasteiger partial charge in [0.2, 0.25) is 5.95 Å². The Morgan fingerprint density at radius 3 is 2.72 bits per heavy atom. The number of para-hydroxylation sites is 1. The van der Waals surface area contributed by atoms with Crippen LogP contribution in [0.4, 0.5) is 11.8 Å². The Morgan fingerprint density at radius 2 is 1.97 bits per heavy atom. The quantitative estimate of drug-likeness (QED) is 0.376. The number of benzene rings is 1. The minimum absolute atomic E-state index is 0.213. The second-order valence-electron chi connectivity index (χ2n) is 9.23. The Balaban J connectivity index is 1.47. The number of methoxy groups -OCH3 is 1. The highest BCUT2D eigenvalue weighted by Crippen LogP contribution is 2.27. The van der Waals surface area contributed by atoms with E-state index in [0.717, 1.165) is 48.3 Å². The minimum Gasteiger partial charge on any atom is -0.464 e. The van der Waals surface area contributed by atoms with Gasteiger partial charge in [-0.05, 0) is 44.4 Å². The molecule has 1 fully saturated rings. The van der Waals surface area contributed by atoms with Gasteiger partial charge in [-0.3, -0.25) is 0 Å². The van der Waals surface area contributed by atoms with Crippen molar-refractivity contribution in [3.8, 4) is 5.69 Å². The molecule has 1 aliphatic heterocycles. The Hall–Kier alpha value is -3.99. The van der Waals surface area contributed by atoms with Crippen LogP contribution in [-0.4, -0.2) is 61.5 Å². The number of anilines is 2. The van der Waals surface area contributed by atoms with Crippen molar-refractivity contribution in [2.24, 2.45) is 5.73 Å². The molecule has 36 heavy (non-hydrogen) atoms. The van der Waals surface area contributed by atoms with Crippen molar-refractivity contribution in [3.63, 3.8) is 0 Å². The third-order valence-electron chi connectivity index (χ3n) is 6.46. The standard InChI is InChI=1S/C25H31N9O2/c1-16(2)33-15-28-21-22(29-25(30-23(21)33)32-11-8-18(26)9-12-32)27-14-17-6-4-5-7-20(17)34-13-10-19(31-34)24(35)36-3/h4-7,10,13,15-16,18H,8-9,11-12,14,26H2,1-3H3,(H,27,29,30). The highest BCUT2D eigenvalue weighted by atomic mass is 16.5. The van der Waals surface area contributed by atoms with Gasteiger partial charge in [-0.2, -0.15) is 15.1 Å². The monoisotopic (exact) mass is 489 g/mol. The lowest BCUT2D eigenvalue weighted by molar-refractivity contribution is 0.0593. The molecule has 3 aromatic heterocycles. The normalized spacial score (nSPS) is 14.5. The fourth-order valence-electron chi connectivity index (χ4n) is 4.38. The maximum absolute atomic E-state index is 11.9. The summed E-state index contributed by atoms with van der Waals surface area (Å²) in [5.74, 6) is 0.886. The first-order chi connectivity index (χ1) is 17.4. The molecule has 0 saturated carbocycles. The number of piperidine rings is 1. The van der Waals surface area contributed by atoms with Crippen LogP contribution in [0.1, 0.15) is 48.8 Å². The van der Waals surface area contributed by atoms with E-state index in [1.54, 1.807) is 16.9 Å². The number of fused-ring (bicyclic) bond motifs is 1. The zero-order valence-electron chi connectivity index (χ0n) is 20.8. The molecule has 11 heteroatoms. The molecule has 1 aliphatic rings. The number of carbonyl (C=O) groups is 1. The van der Waals surface area contributed by atoms with Crippen LogP contribution in [0.25, 0.3) is 16.9 Å². The molecule has 0 atom stereocenters. The number of nitrogens with two attached hydrogens (primary N) is 1. The first-order valence-electron chi connectivity index (χ1n) is 12.2. The van der Waals surface area contributed by atoms with Crippen molar-refractivity contribution < 1.29 is 9.53 Å². The van der Waals surface area contributed by atoms with Crippen molar-refractivity contribution in [1.29, 1.82) is 0 Å². The maximum atomic E-state index is 11.9. The van der Waals surface area contributed by atoms with E-state index in [9.17, 15) is 4.79 Å². The summed E-state index contributed by atoms with van der Waals surface area (Å²) in [4.78, 5) is 28.5. The average molecular weight is 490 g/mol. The van der Waals surface area contributed by atoms with Crippen molar-refractivity contribution in [2.75, 3.05) is 30.4 Å². The molecule has 0 bridgehead atoms. The highest BCUT2D eigenvalue weighted by molar-refractivity contribution is 5.87. The average Bonchev–Trinajstić information content (AvgIpc) is 3.55. The summed E-state index contributed by atoms with van der Waals surface area (Å²) in [6, 6.07) is 9.95. The lowest BCUT2D eigenvalue weighted by Crippen LogP contribution is -2.40. The lowest BCUT2D eigenvalue weighted by Gasteiger charge is -2.30. The molecule has 4 heterocycles. The van der Waals surface area contributed by atoms with E-state index in [0.29, 0.717) is 18.3 Å². The first-order valence-corrected chi connectivity index (χ1v) is 12.2. The number of nitrogens with zero attached hydrogens (tertiary/aromatic N) is 7. The number of imidazole rings is 1. The van der Waals surface area contributed by atoms with E-state index < -0.39 is 5.97 Å². The van der Waals surface area contributed by atoms with Crippen LogP contribution in [0.5, 0.6) is 0 Å². The van der Waals surface area contributed by atoms with Crippen molar-refractivity contribution in [3.05, 3.63) is 54.1 Å². The van der Waals surface area contributed by atoms with Crippen LogP contribution >= 0.6 is 0 Å². The van der Waals surface area contributed by atoms with Gasteiger partial charge in [0.15, 0.2) is 22.7 Å². The van der Waals surface area contributed by atoms with Crippen molar-refractivity contribution in [2.45, 2.75) is 45.3 Å². The van der Waals surface area contributed by atoms with Crippen LogP contribution in [0.15, 0.2) is 42.9 Å². The van der Waals surface area contributed by atoms with Gasteiger partial charge in [-0.1, -0.05) is 18.2 Å². The van der Waals surface area contributed by atoms with Gasteiger partial charge < -0.3 is 25.3 Å². The third kappa shape index (κ3) is 4.61. The molecule has 0 unspecified atom stereocenters. The van der Waals surface area contributed by atoms with Crippen LogP contribution in [0.3, 0.4) is 0 Å². The van der Waals surface area contributed by atoms with Crippen LogP contribution in [0, 0.1) is 0 Å². The van der Waals surface area contributed by atoms with Gasteiger partial charge in [0.25, 0.3) is 0 Å². The summed E-state index contributed by atoms with van der Waals surface area (Å²) in [5, 5.41) is 7.86. The number of ether oxygens (including phenoxy) is 1. The van der Waals surface area contributed by atoms with Gasteiger partial charge in [0, 0.05) is 37.9 Å². The van der Waals surface area contributed by atoms with E-state index in [4.69, 9.17) is 20.4 Å². The molecule has 1 aromatic carbocycles. The Kier molecular flexibility index (Phi) is 6.55. The lowest BCUT2D eigenvalue weighted by atomic mass is 10.1. The van der Waals surface area contributed by atoms with E-state index in [2.05, 4.69) is 38.7 Å². The smallest absolute Gasteiger partial charge is 0.358 e. The molecule has 0 spiro atoms. The Bertz CT molecular complexity index is 1370. The molecule has 0 radical (unpaired) electrons. The molecule has 5 rings (SSSR count). The summed E-state index contributed by atoms with van der Waals surface area (Å²) in [6.45, 7) is 6.35. The van der Waals surface area contributed by atoms with Crippen LogP contribution in [0.2, 0.25) is 0 Å². The molecule has 11 nitrogen and oxygen atoms in total. The number of hydrogen-bond acceptors (Lipinski definition) is 9. The third-order valence-corrected chi connectivity index (χ3v) is 6.46. The summed E-state index contributed by atoms with van der Waals surface area (Å²) in [6.07, 6.45) is 5.39. The molecular formula is C25H31N9O2. The number of esters is 1. The zero-order valence-corrected chi connectivity index (χ0v) is 20.8. The largest absolute Gasteiger partial charge is 0.464 e. The predicted molar refractivity (Wildman–Crippen MR) is 137 cm³/mol. The van der Waals surface area contributed by atoms with Gasteiger partial charge in [0.05, 0.1) is 19.1 Å². The Morgan fingerprint density at radius 1 is 1.19 bits per heavy atom. The maximum Gasteiger partial charge on any atom is 0.358 e. The van der Waals surface area contributed by atoms with Crippen molar-refractivity contribution in [1.82, 2.24) is 29.3 Å². The molecule has 0 aliphatic carbocycles. The summed E-state index contributed by atoms with van der Waals surface area (Å²) in [7, 11) is 1.34. The van der Waals surface area contributed by atoms with Gasteiger partial charge in [-0.15, -0.1) is 0 Å². The predicted octanol–water partition coefficient (Wildman–Crippen LogP) is 2.92. The van der Waals surface area contributed by atoms with Crippen LogP contribution in [-0.2, 0) is 11.3 Å².